The molecule has 8 rings (SSSR count). The van der Waals surface area contributed by atoms with E-state index in [0.29, 0.717) is 50.3 Å². The topological polar surface area (TPSA) is 125 Å². The highest BCUT2D eigenvalue weighted by atomic mass is 16.3. The van der Waals surface area contributed by atoms with E-state index in [9.17, 15) is 14.7 Å². The van der Waals surface area contributed by atoms with Crippen LogP contribution in [0.2, 0.25) is 0 Å². The number of carbonyl (C=O) groups is 1. The number of rotatable bonds is 5. The number of hydrogen-bond acceptors (Lipinski definition) is 7. The zero-order valence-corrected chi connectivity index (χ0v) is 23.4. The number of carbonyl (C=O) groups excluding carboxylic acids is 1. The number of amides is 1. The minimum absolute atomic E-state index is 0.00332. The zero-order valence-electron chi connectivity index (χ0n) is 23.4. The average Bonchev–Trinajstić information content (AvgIpc) is 3.56. The summed E-state index contributed by atoms with van der Waals surface area (Å²) in [5.41, 5.74) is 3.88. The van der Waals surface area contributed by atoms with Gasteiger partial charge in [0.15, 0.2) is 5.65 Å². The first-order valence-electron chi connectivity index (χ1n) is 14.6. The number of pyridine rings is 1. The largest absolute Gasteiger partial charge is 0.389 e. The number of aromatic amines is 1. The number of aliphatic hydroxyl groups is 1. The lowest BCUT2D eigenvalue weighted by atomic mass is 10.0. The Balaban J connectivity index is 1.09. The predicted molar refractivity (Wildman–Crippen MR) is 164 cm³/mol. The number of fused-ring (bicyclic) bond motifs is 3. The summed E-state index contributed by atoms with van der Waals surface area (Å²) in [6, 6.07) is 18.3. The van der Waals surface area contributed by atoms with Crippen molar-refractivity contribution in [2.24, 2.45) is 0 Å². The Kier molecular flexibility index (Phi) is 6.00. The molecule has 11 heteroatoms. The lowest BCUT2D eigenvalue weighted by molar-refractivity contribution is -0.133. The van der Waals surface area contributed by atoms with Gasteiger partial charge < -0.3 is 19.5 Å². The van der Waals surface area contributed by atoms with Crippen LogP contribution >= 0.6 is 0 Å². The van der Waals surface area contributed by atoms with Crippen LogP contribution in [0.1, 0.15) is 18.9 Å². The molecule has 2 aromatic carbocycles. The highest BCUT2D eigenvalue weighted by Crippen LogP contribution is 2.38. The number of hydrogen-bond donors (Lipinski definition) is 2. The molecule has 0 aliphatic carbocycles. The van der Waals surface area contributed by atoms with Gasteiger partial charge in [0.1, 0.15) is 24.3 Å². The summed E-state index contributed by atoms with van der Waals surface area (Å²) < 4.78 is 3.70. The van der Waals surface area contributed by atoms with Gasteiger partial charge in [-0.25, -0.2) is 19.7 Å². The van der Waals surface area contributed by atoms with Crippen LogP contribution in [0, 0.1) is 0 Å². The van der Waals surface area contributed by atoms with Gasteiger partial charge in [-0.15, -0.1) is 0 Å². The normalized spacial score (nSPS) is 16.4. The molecule has 2 saturated heterocycles. The molecule has 4 aromatic heterocycles. The van der Waals surface area contributed by atoms with E-state index in [2.05, 4.69) is 55.2 Å². The maximum absolute atomic E-state index is 13.7. The van der Waals surface area contributed by atoms with E-state index in [1.807, 2.05) is 39.9 Å². The fraction of sp³-hybridized carbons (Fsp3) is 0.281. The number of imidazole rings is 1. The number of aliphatic hydroxyl groups excluding tert-OH is 1. The molecule has 2 aliphatic rings. The standard InChI is InChI=1S/C32H30N8O3/c41-24-15-38(16-24)30-28-25(22-8-7-20-4-1-2-5-21(20)14-22)17-39(31(28)35-19-34-30)18-27(42)37-12-9-23(10-13-37)40-26-6-3-11-33-29(26)36-32(40)43/h1-8,11,14,17,19,23-24,41H,9-10,12-13,15-16,18H2,(H,33,36,43). The summed E-state index contributed by atoms with van der Waals surface area (Å²) in [5, 5.41) is 13.2. The van der Waals surface area contributed by atoms with Crippen molar-refractivity contribution in [1.29, 1.82) is 0 Å². The third kappa shape index (κ3) is 4.35. The van der Waals surface area contributed by atoms with Crippen molar-refractivity contribution in [3.05, 3.63) is 83.8 Å². The second kappa shape index (κ2) is 10.1. The van der Waals surface area contributed by atoms with Crippen molar-refractivity contribution in [2.45, 2.75) is 31.5 Å². The van der Waals surface area contributed by atoms with Crippen LogP contribution in [-0.2, 0) is 11.3 Å². The van der Waals surface area contributed by atoms with Gasteiger partial charge in [-0.05, 0) is 47.4 Å². The van der Waals surface area contributed by atoms with E-state index in [1.165, 1.54) is 6.33 Å². The van der Waals surface area contributed by atoms with Crippen LogP contribution in [0.25, 0.3) is 44.1 Å². The summed E-state index contributed by atoms with van der Waals surface area (Å²) >= 11 is 0. The van der Waals surface area contributed by atoms with Crippen LogP contribution in [0.5, 0.6) is 0 Å². The first kappa shape index (κ1) is 25.7. The molecular formula is C32H30N8O3. The Morgan fingerprint density at radius 1 is 0.977 bits per heavy atom. The molecule has 0 bridgehead atoms. The van der Waals surface area contributed by atoms with Gasteiger partial charge in [-0.1, -0.05) is 36.4 Å². The minimum atomic E-state index is -0.378. The number of piperidine rings is 1. The fourth-order valence-corrected chi connectivity index (χ4v) is 6.61. The summed E-state index contributed by atoms with van der Waals surface area (Å²) in [7, 11) is 0. The highest BCUT2D eigenvalue weighted by Gasteiger charge is 2.31. The summed E-state index contributed by atoms with van der Waals surface area (Å²) in [6.07, 6.45) is 6.20. The van der Waals surface area contributed by atoms with Crippen LogP contribution < -0.4 is 10.6 Å². The molecular weight excluding hydrogens is 544 g/mol. The SMILES string of the molecule is O=C(Cn1cc(-c2ccc3ccccc3c2)c2c(N3CC(O)C3)ncnc21)N1CCC(n2c(=O)[nH]c3ncccc32)CC1. The van der Waals surface area contributed by atoms with E-state index in [0.717, 1.165) is 38.6 Å². The lowest BCUT2D eigenvalue weighted by Crippen LogP contribution is -2.51. The minimum Gasteiger partial charge on any atom is -0.389 e. The van der Waals surface area contributed by atoms with Crippen molar-refractivity contribution in [2.75, 3.05) is 31.1 Å². The molecule has 2 fully saturated rings. The van der Waals surface area contributed by atoms with Gasteiger partial charge in [0.2, 0.25) is 5.91 Å². The third-order valence-corrected chi connectivity index (χ3v) is 8.83. The first-order valence-corrected chi connectivity index (χ1v) is 14.6. The maximum Gasteiger partial charge on any atom is 0.327 e. The van der Waals surface area contributed by atoms with Crippen molar-refractivity contribution < 1.29 is 9.90 Å². The molecule has 0 atom stereocenters. The molecule has 43 heavy (non-hydrogen) atoms. The summed E-state index contributed by atoms with van der Waals surface area (Å²) in [5.74, 6) is 0.775. The second-order valence-electron chi connectivity index (χ2n) is 11.5. The van der Waals surface area contributed by atoms with Gasteiger partial charge in [0, 0.05) is 50.2 Å². The highest BCUT2D eigenvalue weighted by molar-refractivity contribution is 6.03. The van der Waals surface area contributed by atoms with Gasteiger partial charge in [0.05, 0.1) is 17.0 Å². The van der Waals surface area contributed by atoms with Crippen LogP contribution in [0.4, 0.5) is 5.82 Å². The molecule has 11 nitrogen and oxygen atoms in total. The van der Waals surface area contributed by atoms with E-state index in [1.54, 1.807) is 10.8 Å². The molecule has 6 heterocycles. The second-order valence-corrected chi connectivity index (χ2v) is 11.5. The maximum atomic E-state index is 13.7. The lowest BCUT2D eigenvalue weighted by Gasteiger charge is -2.37. The van der Waals surface area contributed by atoms with Crippen molar-refractivity contribution >= 4 is 44.7 Å². The molecule has 0 unspecified atom stereocenters. The van der Waals surface area contributed by atoms with Crippen molar-refractivity contribution in [3.8, 4) is 11.1 Å². The van der Waals surface area contributed by atoms with E-state index >= 15 is 0 Å². The monoisotopic (exact) mass is 574 g/mol. The van der Waals surface area contributed by atoms with Crippen molar-refractivity contribution in [1.82, 2.24) is 34.0 Å². The zero-order chi connectivity index (χ0) is 29.1. The van der Waals surface area contributed by atoms with Crippen LogP contribution in [0.15, 0.2) is 78.1 Å². The van der Waals surface area contributed by atoms with Crippen molar-refractivity contribution in [3.63, 3.8) is 0 Å². The Hall–Kier alpha value is -5.03. The van der Waals surface area contributed by atoms with Gasteiger partial charge >= 0.3 is 5.69 Å². The first-order chi connectivity index (χ1) is 21.0. The number of β-amino-alcohol motifs (C(OH)–C–C–N with tert-alkyl or cyclic N) is 1. The Morgan fingerprint density at radius 3 is 2.60 bits per heavy atom. The molecule has 1 amide bonds. The Morgan fingerprint density at radius 2 is 1.79 bits per heavy atom. The number of aromatic nitrogens is 6. The van der Waals surface area contributed by atoms with Crippen LogP contribution in [-0.4, -0.2) is 77.3 Å². The predicted octanol–water partition coefficient (Wildman–Crippen LogP) is 3.33. The fourth-order valence-electron chi connectivity index (χ4n) is 6.61. The molecule has 6 aromatic rings. The molecule has 216 valence electrons. The number of likely N-dealkylation sites (tertiary alicyclic amines) is 1. The quantitative estimate of drug-likeness (QED) is 0.324. The third-order valence-electron chi connectivity index (χ3n) is 8.83. The summed E-state index contributed by atoms with van der Waals surface area (Å²) in [4.78, 5) is 46.6. The van der Waals surface area contributed by atoms with Gasteiger partial charge in [-0.2, -0.15) is 0 Å². The number of nitrogens with zero attached hydrogens (tertiary/aromatic N) is 7. The Bertz CT molecular complexity index is 2060. The van der Waals surface area contributed by atoms with Gasteiger partial charge in [0.25, 0.3) is 0 Å². The number of anilines is 1. The average molecular weight is 575 g/mol. The number of nitrogens with one attached hydrogen (secondary N) is 1. The van der Waals surface area contributed by atoms with E-state index in [-0.39, 0.29) is 30.3 Å². The smallest absolute Gasteiger partial charge is 0.327 e. The molecule has 0 radical (unpaired) electrons. The molecule has 0 saturated carbocycles. The summed E-state index contributed by atoms with van der Waals surface area (Å²) in [6.45, 7) is 2.29. The number of benzene rings is 2. The Labute approximate surface area is 246 Å². The van der Waals surface area contributed by atoms with Crippen LogP contribution in [0.3, 0.4) is 0 Å². The molecule has 2 N–H and O–H groups in total. The molecule has 0 spiro atoms. The van der Waals surface area contributed by atoms with E-state index < -0.39 is 0 Å². The molecule has 2 aliphatic heterocycles. The number of H-pyrrole nitrogens is 1. The van der Waals surface area contributed by atoms with E-state index in [4.69, 9.17) is 0 Å². The van der Waals surface area contributed by atoms with Gasteiger partial charge in [-0.3, -0.25) is 14.3 Å².